The summed E-state index contributed by atoms with van der Waals surface area (Å²) in [5.74, 6) is 0.602. The van der Waals surface area contributed by atoms with Gasteiger partial charge in [-0.15, -0.1) is 0 Å². The lowest BCUT2D eigenvalue weighted by atomic mass is 9.46. The molecule has 1 saturated heterocycles. The number of allylic oxidation sites excluding steroid dienone is 1. The Morgan fingerprint density at radius 3 is 2.26 bits per heavy atom. The van der Waals surface area contributed by atoms with E-state index in [0.717, 1.165) is 56.9 Å². The molecule has 0 unspecified atom stereocenters. The van der Waals surface area contributed by atoms with Crippen LogP contribution in [0.2, 0.25) is 37.8 Å². The molecule has 5 aliphatic rings. The van der Waals surface area contributed by atoms with Crippen molar-refractivity contribution in [3.05, 3.63) is 47.5 Å². The molecule has 0 bridgehead atoms. The highest BCUT2D eigenvalue weighted by molar-refractivity contribution is 6.74. The van der Waals surface area contributed by atoms with Crippen LogP contribution >= 0.6 is 0 Å². The van der Waals surface area contributed by atoms with Crippen LogP contribution in [-0.4, -0.2) is 81.7 Å². The van der Waals surface area contributed by atoms with Gasteiger partial charge in [0.2, 0.25) is 11.8 Å². The van der Waals surface area contributed by atoms with Crippen LogP contribution in [-0.2, 0) is 34.5 Å². The second-order valence-electron chi connectivity index (χ2n) is 20.0. The third kappa shape index (κ3) is 7.28. The van der Waals surface area contributed by atoms with Gasteiger partial charge in [-0.05, 0) is 125 Å². The quantitative estimate of drug-likeness (QED) is 0.135. The average Bonchev–Trinajstić information content (AvgIpc) is 3.34. The third-order valence-electron chi connectivity index (χ3n) is 14.8. The smallest absolute Gasteiger partial charge is 0.325 e. The van der Waals surface area contributed by atoms with Crippen LogP contribution in [0.5, 0.6) is 0 Å². The van der Waals surface area contributed by atoms with E-state index >= 15 is 4.79 Å². The summed E-state index contributed by atoms with van der Waals surface area (Å²) >= 11 is 0. The number of hydrogen-bond donors (Lipinski definition) is 0. The van der Waals surface area contributed by atoms with Gasteiger partial charge in [-0.1, -0.05) is 76.6 Å². The zero-order valence-corrected chi connectivity index (χ0v) is 36.7. The maximum absolute atomic E-state index is 15.1. The van der Waals surface area contributed by atoms with E-state index in [1.165, 1.54) is 4.90 Å². The van der Waals surface area contributed by atoms with Crippen molar-refractivity contribution in [3.8, 4) is 0 Å². The predicted molar refractivity (Wildman–Crippen MR) is 215 cm³/mol. The highest BCUT2D eigenvalue weighted by atomic mass is 28.4. The second-order valence-corrected chi connectivity index (χ2v) is 29.2. The van der Waals surface area contributed by atoms with E-state index in [9.17, 15) is 9.59 Å². The fourth-order valence-corrected chi connectivity index (χ4v) is 14.2. The van der Waals surface area contributed by atoms with Gasteiger partial charge >= 0.3 is 5.97 Å². The molecule has 6 rings (SSSR count). The molecule has 4 fully saturated rings. The van der Waals surface area contributed by atoms with Gasteiger partial charge in [0.1, 0.15) is 19.1 Å². The Morgan fingerprint density at radius 2 is 1.62 bits per heavy atom. The zero-order valence-electron chi connectivity index (χ0n) is 34.7. The molecule has 4 aliphatic carbocycles. The van der Waals surface area contributed by atoms with Crippen LogP contribution in [0.1, 0.15) is 98.5 Å². The minimum atomic E-state index is -2.29. The lowest BCUT2D eigenvalue weighted by Crippen LogP contribution is -2.73. The first kappa shape index (κ1) is 40.4. The maximum Gasteiger partial charge on any atom is 0.325 e. The number of nitrogens with zero attached hydrogens (tertiary/aromatic N) is 2. The molecule has 0 spiro atoms. The summed E-state index contributed by atoms with van der Waals surface area (Å²) in [7, 11) is -4.16. The number of esters is 1. The molecule has 2 amide bonds. The summed E-state index contributed by atoms with van der Waals surface area (Å²) in [5, 5.41) is 0.192. The molecule has 0 N–H and O–H groups in total. The van der Waals surface area contributed by atoms with Crippen LogP contribution < -0.4 is 0 Å². The summed E-state index contributed by atoms with van der Waals surface area (Å²) in [6.07, 6.45) is 11.0. The van der Waals surface area contributed by atoms with Gasteiger partial charge in [-0.3, -0.25) is 14.4 Å². The van der Waals surface area contributed by atoms with E-state index in [1.807, 2.05) is 35.2 Å². The van der Waals surface area contributed by atoms with E-state index in [-0.39, 0.29) is 47.4 Å². The first-order chi connectivity index (χ1) is 24.7. The number of piperazine rings is 1. The zero-order chi connectivity index (χ0) is 38.8. The number of fused-ring (bicyclic) bond motifs is 5. The van der Waals surface area contributed by atoms with Crippen molar-refractivity contribution < 1.29 is 28.0 Å². The summed E-state index contributed by atoms with van der Waals surface area (Å²) in [6, 6.07) is 9.15. The van der Waals surface area contributed by atoms with Gasteiger partial charge in [0.05, 0.1) is 12.2 Å². The average molecular weight is 765 g/mol. The van der Waals surface area contributed by atoms with E-state index in [1.54, 1.807) is 12.5 Å². The van der Waals surface area contributed by atoms with Crippen molar-refractivity contribution in [2.24, 2.45) is 28.6 Å². The Bertz CT molecular complexity index is 1580. The molecule has 1 aromatic rings. The Kier molecular flexibility index (Phi) is 10.9. The molecule has 294 valence electrons. The Morgan fingerprint density at radius 1 is 0.943 bits per heavy atom. The molecule has 0 aromatic heterocycles. The van der Waals surface area contributed by atoms with Crippen LogP contribution in [0.4, 0.5) is 0 Å². The van der Waals surface area contributed by atoms with Crippen molar-refractivity contribution in [1.82, 2.24) is 9.80 Å². The fraction of sp³-hybridized carbons (Fsp3) is 0.744. The second kappa shape index (κ2) is 14.3. The lowest BCUT2D eigenvalue weighted by molar-refractivity contribution is -0.187. The molecule has 1 aromatic carbocycles. The number of benzene rings is 1. The third-order valence-corrected chi connectivity index (χ3v) is 20.3. The molecular formula is C43H68N2O6Si2. The van der Waals surface area contributed by atoms with E-state index in [4.69, 9.17) is 13.6 Å². The Hall–Kier alpha value is -2.28. The van der Waals surface area contributed by atoms with Gasteiger partial charge in [0.25, 0.3) is 0 Å². The van der Waals surface area contributed by atoms with Crippen LogP contribution in [0.15, 0.2) is 42.0 Å². The minimum Gasteiger partial charge on any atom is -0.465 e. The van der Waals surface area contributed by atoms with Gasteiger partial charge < -0.3 is 23.4 Å². The van der Waals surface area contributed by atoms with Gasteiger partial charge in [0, 0.05) is 18.1 Å². The molecule has 3 saturated carbocycles. The first-order valence-electron chi connectivity index (χ1n) is 20.5. The standard InChI is InChI=1S/C43H68N2O6Si2/c1-12-49-37(47)29-44-28-36(46)45(27-30-16-14-13-15-17-30)38(39(44)48)43(51-52(7,8)9)25-22-35-33-19-18-31-26-32(50-53(10,11)40(2,3)4)20-23-41(31,5)34(33)21-24-42(35,43)6/h13-18,32-35,38H,12,19-29H2,1-11H3/t32-,33+,34-,35-,38+,41-,42-,43-/m0/s1. The van der Waals surface area contributed by atoms with Gasteiger partial charge in [-0.25, -0.2) is 0 Å². The van der Waals surface area contributed by atoms with E-state index in [2.05, 4.69) is 73.4 Å². The molecule has 8 nitrogen and oxygen atoms in total. The Labute approximate surface area is 322 Å². The lowest BCUT2D eigenvalue weighted by Gasteiger charge is -2.62. The van der Waals surface area contributed by atoms with Crippen molar-refractivity contribution in [2.45, 2.75) is 155 Å². The van der Waals surface area contributed by atoms with E-state index < -0.39 is 34.2 Å². The fourth-order valence-electron chi connectivity index (χ4n) is 11.3. The summed E-state index contributed by atoms with van der Waals surface area (Å²) in [5.41, 5.74) is 1.53. The number of ether oxygens (including phenoxy) is 1. The van der Waals surface area contributed by atoms with Crippen molar-refractivity contribution in [3.63, 3.8) is 0 Å². The first-order valence-corrected chi connectivity index (χ1v) is 26.8. The highest BCUT2D eigenvalue weighted by Gasteiger charge is 2.70. The molecule has 10 heteroatoms. The number of rotatable bonds is 10. The number of hydrogen-bond acceptors (Lipinski definition) is 6. The molecule has 1 aliphatic heterocycles. The molecule has 0 radical (unpaired) electrons. The van der Waals surface area contributed by atoms with Crippen molar-refractivity contribution in [2.75, 3.05) is 19.7 Å². The Balaban J connectivity index is 1.37. The predicted octanol–water partition coefficient (Wildman–Crippen LogP) is 8.73. The normalized spacial score (nSPS) is 35.0. The monoisotopic (exact) mass is 764 g/mol. The number of amides is 2. The largest absolute Gasteiger partial charge is 0.465 e. The summed E-state index contributed by atoms with van der Waals surface area (Å²) in [4.78, 5) is 45.5. The molecule has 53 heavy (non-hydrogen) atoms. The van der Waals surface area contributed by atoms with Crippen LogP contribution in [0, 0.1) is 28.6 Å². The van der Waals surface area contributed by atoms with Crippen LogP contribution in [0.3, 0.4) is 0 Å². The van der Waals surface area contributed by atoms with Gasteiger partial charge in [-0.2, -0.15) is 0 Å². The molecule has 1 heterocycles. The minimum absolute atomic E-state index is 0.138. The molecule has 8 atom stereocenters. The van der Waals surface area contributed by atoms with Crippen molar-refractivity contribution in [1.29, 1.82) is 0 Å². The topological polar surface area (TPSA) is 85.4 Å². The van der Waals surface area contributed by atoms with Crippen LogP contribution in [0.25, 0.3) is 0 Å². The number of carbonyl (C=O) groups is 3. The van der Waals surface area contributed by atoms with E-state index in [0.29, 0.717) is 30.4 Å². The van der Waals surface area contributed by atoms with Gasteiger partial charge in [0.15, 0.2) is 16.6 Å². The SMILES string of the molecule is CCOC(=O)CN1CC(=O)N(Cc2ccccc2)[C@@H]([C@@]2(O[Si](C)(C)C)CC[C@H]3[C@@H]4CC=C5C[C@@H](O[Si](C)(C)C(C)(C)C)CC[C@]5(C)[C@H]4CC[C@@]32C)C1=O. The summed E-state index contributed by atoms with van der Waals surface area (Å²) in [6.45, 7) is 25.3. The number of carbonyl (C=O) groups excluding carboxylic acids is 3. The van der Waals surface area contributed by atoms with Crippen molar-refractivity contribution >= 4 is 34.4 Å². The highest BCUT2D eigenvalue weighted by Crippen LogP contribution is 2.69. The summed E-state index contributed by atoms with van der Waals surface area (Å²) < 4.78 is 19.8. The molecular weight excluding hydrogens is 697 g/mol. The maximum atomic E-state index is 15.1.